The Morgan fingerprint density at radius 3 is 2.32 bits per heavy atom. The quantitative estimate of drug-likeness (QED) is 0.873. The van der Waals surface area contributed by atoms with Crippen molar-refractivity contribution in [2.24, 2.45) is 5.92 Å². The molecule has 0 unspecified atom stereocenters. The van der Waals surface area contributed by atoms with Crippen molar-refractivity contribution in [2.75, 3.05) is 6.54 Å². The number of rotatable bonds is 5. The van der Waals surface area contributed by atoms with Gasteiger partial charge in [-0.25, -0.2) is 13.1 Å². The summed E-state index contributed by atoms with van der Waals surface area (Å²) in [5, 5.41) is 2.81. The Morgan fingerprint density at radius 1 is 1.23 bits per heavy atom. The summed E-state index contributed by atoms with van der Waals surface area (Å²) in [6.45, 7) is 11.7. The minimum Gasteiger partial charge on any atom is -0.352 e. The second-order valence-electron chi connectivity index (χ2n) is 6.94. The number of hydrogen-bond acceptors (Lipinski definition) is 3. The maximum atomic E-state index is 12.4. The van der Waals surface area contributed by atoms with Gasteiger partial charge in [-0.3, -0.25) is 4.79 Å². The maximum absolute atomic E-state index is 12.4. The van der Waals surface area contributed by atoms with E-state index >= 15 is 0 Å². The van der Waals surface area contributed by atoms with Gasteiger partial charge in [-0.1, -0.05) is 19.9 Å². The van der Waals surface area contributed by atoms with Crippen LogP contribution in [0.4, 0.5) is 0 Å². The van der Waals surface area contributed by atoms with Crippen LogP contribution in [0.2, 0.25) is 0 Å². The van der Waals surface area contributed by atoms with Gasteiger partial charge in [-0.15, -0.1) is 0 Å². The molecular weight excluding hydrogens is 300 g/mol. The number of aryl methyl sites for hydroxylation is 1. The van der Waals surface area contributed by atoms with E-state index in [1.165, 1.54) is 12.1 Å². The standard InChI is InChI=1S/C16H26N2O3S/c1-11(2)10-17-15(19)14-9-13(8-7-12(14)3)22(20,21)18-16(4,5)6/h7-9,11,18H,10H2,1-6H3,(H,17,19). The average Bonchev–Trinajstić information content (AvgIpc) is 2.33. The summed E-state index contributed by atoms with van der Waals surface area (Å²) in [4.78, 5) is 12.3. The van der Waals surface area contributed by atoms with Gasteiger partial charge >= 0.3 is 0 Å². The van der Waals surface area contributed by atoms with Crippen molar-refractivity contribution in [3.05, 3.63) is 29.3 Å². The first-order valence-corrected chi connectivity index (χ1v) is 8.83. The molecule has 1 aromatic rings. The molecule has 6 heteroatoms. The van der Waals surface area contributed by atoms with Crippen LogP contribution in [0.5, 0.6) is 0 Å². The third kappa shape index (κ3) is 5.42. The molecule has 1 amide bonds. The number of benzene rings is 1. The van der Waals surface area contributed by atoms with Crippen LogP contribution in [0.15, 0.2) is 23.1 Å². The van der Waals surface area contributed by atoms with Crippen molar-refractivity contribution in [1.29, 1.82) is 0 Å². The van der Waals surface area contributed by atoms with E-state index in [1.807, 2.05) is 13.8 Å². The summed E-state index contributed by atoms with van der Waals surface area (Å²) in [7, 11) is -3.65. The molecule has 0 atom stereocenters. The third-order valence-corrected chi connectivity index (χ3v) is 4.63. The fourth-order valence-corrected chi connectivity index (χ4v) is 3.31. The van der Waals surface area contributed by atoms with Gasteiger partial charge in [-0.05, 0) is 51.3 Å². The predicted molar refractivity (Wildman–Crippen MR) is 88.4 cm³/mol. The zero-order chi connectivity index (χ0) is 17.1. The monoisotopic (exact) mass is 326 g/mol. The molecule has 0 aromatic heterocycles. The first kappa shape index (κ1) is 18.6. The van der Waals surface area contributed by atoms with Crippen LogP contribution in [-0.2, 0) is 10.0 Å². The number of hydrogen-bond donors (Lipinski definition) is 2. The Hall–Kier alpha value is -1.40. The molecule has 0 aliphatic rings. The lowest BCUT2D eigenvalue weighted by Gasteiger charge is -2.20. The van der Waals surface area contributed by atoms with Gasteiger partial charge in [0.25, 0.3) is 5.91 Å². The number of nitrogens with one attached hydrogen (secondary N) is 2. The number of sulfonamides is 1. The van der Waals surface area contributed by atoms with Crippen LogP contribution < -0.4 is 10.0 Å². The van der Waals surface area contributed by atoms with E-state index in [4.69, 9.17) is 0 Å². The van der Waals surface area contributed by atoms with Crippen molar-refractivity contribution in [1.82, 2.24) is 10.0 Å². The maximum Gasteiger partial charge on any atom is 0.251 e. The fourth-order valence-electron chi connectivity index (χ4n) is 1.87. The summed E-state index contributed by atoms with van der Waals surface area (Å²) in [6, 6.07) is 4.60. The second-order valence-corrected chi connectivity index (χ2v) is 8.62. The van der Waals surface area contributed by atoms with Crippen molar-refractivity contribution >= 4 is 15.9 Å². The zero-order valence-electron chi connectivity index (χ0n) is 14.1. The average molecular weight is 326 g/mol. The molecule has 0 aliphatic carbocycles. The Balaban J connectivity index is 3.11. The Bertz CT molecular complexity index is 644. The molecule has 0 heterocycles. The molecule has 0 radical (unpaired) electrons. The zero-order valence-corrected chi connectivity index (χ0v) is 15.0. The molecular formula is C16H26N2O3S. The molecule has 124 valence electrons. The second kappa shape index (κ2) is 6.79. The van der Waals surface area contributed by atoms with Crippen molar-refractivity contribution in [2.45, 2.75) is 52.0 Å². The molecule has 0 bridgehead atoms. The van der Waals surface area contributed by atoms with Gasteiger partial charge in [0.1, 0.15) is 0 Å². The summed E-state index contributed by atoms with van der Waals surface area (Å²) in [6.07, 6.45) is 0. The van der Waals surface area contributed by atoms with Crippen LogP contribution in [0.25, 0.3) is 0 Å². The van der Waals surface area contributed by atoms with E-state index < -0.39 is 15.6 Å². The minimum absolute atomic E-state index is 0.0997. The largest absolute Gasteiger partial charge is 0.352 e. The van der Waals surface area contributed by atoms with Crippen LogP contribution in [-0.4, -0.2) is 26.4 Å². The van der Waals surface area contributed by atoms with Gasteiger partial charge in [0.15, 0.2) is 0 Å². The van der Waals surface area contributed by atoms with E-state index in [0.717, 1.165) is 5.56 Å². The lowest BCUT2D eigenvalue weighted by molar-refractivity contribution is 0.0948. The highest BCUT2D eigenvalue weighted by atomic mass is 32.2. The Kier molecular flexibility index (Phi) is 5.76. The molecule has 22 heavy (non-hydrogen) atoms. The van der Waals surface area contributed by atoms with Gasteiger partial charge < -0.3 is 5.32 Å². The van der Waals surface area contributed by atoms with E-state index in [0.29, 0.717) is 18.0 Å². The first-order valence-electron chi connectivity index (χ1n) is 7.35. The molecule has 1 aromatic carbocycles. The molecule has 5 nitrogen and oxygen atoms in total. The molecule has 0 fully saturated rings. The molecule has 0 aliphatic heterocycles. The summed E-state index contributed by atoms with van der Waals surface area (Å²) < 4.78 is 27.3. The molecule has 0 saturated heterocycles. The van der Waals surface area contributed by atoms with Crippen LogP contribution in [0.1, 0.15) is 50.5 Å². The van der Waals surface area contributed by atoms with Crippen LogP contribution in [0.3, 0.4) is 0 Å². The Morgan fingerprint density at radius 2 is 1.82 bits per heavy atom. The number of carbonyl (C=O) groups is 1. The Labute approximate surface area is 133 Å². The molecule has 1 rings (SSSR count). The minimum atomic E-state index is -3.65. The van der Waals surface area contributed by atoms with E-state index in [9.17, 15) is 13.2 Å². The number of carbonyl (C=O) groups excluding carboxylic acids is 1. The van der Waals surface area contributed by atoms with E-state index in [2.05, 4.69) is 10.0 Å². The van der Waals surface area contributed by atoms with Crippen LogP contribution >= 0.6 is 0 Å². The lowest BCUT2D eigenvalue weighted by Crippen LogP contribution is -2.40. The van der Waals surface area contributed by atoms with E-state index in [-0.39, 0.29) is 10.8 Å². The predicted octanol–water partition coefficient (Wildman–Crippen LogP) is 2.46. The normalized spacial score (nSPS) is 12.5. The lowest BCUT2D eigenvalue weighted by atomic mass is 10.1. The van der Waals surface area contributed by atoms with E-state index in [1.54, 1.807) is 33.8 Å². The highest BCUT2D eigenvalue weighted by Crippen LogP contribution is 2.17. The molecule has 0 saturated carbocycles. The van der Waals surface area contributed by atoms with Gasteiger partial charge in [0.2, 0.25) is 10.0 Å². The van der Waals surface area contributed by atoms with Crippen LogP contribution in [0, 0.1) is 12.8 Å². The first-order chi connectivity index (χ1) is 9.92. The van der Waals surface area contributed by atoms with Crippen molar-refractivity contribution < 1.29 is 13.2 Å². The smallest absolute Gasteiger partial charge is 0.251 e. The highest BCUT2D eigenvalue weighted by molar-refractivity contribution is 7.89. The van der Waals surface area contributed by atoms with Crippen molar-refractivity contribution in [3.8, 4) is 0 Å². The van der Waals surface area contributed by atoms with Gasteiger partial charge in [0, 0.05) is 17.6 Å². The van der Waals surface area contributed by atoms with Gasteiger partial charge in [0.05, 0.1) is 4.90 Å². The summed E-state index contributed by atoms with van der Waals surface area (Å²) >= 11 is 0. The number of amides is 1. The fraction of sp³-hybridized carbons (Fsp3) is 0.562. The summed E-state index contributed by atoms with van der Waals surface area (Å²) in [5.74, 6) is 0.0812. The molecule has 0 spiro atoms. The molecule has 2 N–H and O–H groups in total. The van der Waals surface area contributed by atoms with Gasteiger partial charge in [-0.2, -0.15) is 0 Å². The van der Waals surface area contributed by atoms with Crippen molar-refractivity contribution in [3.63, 3.8) is 0 Å². The SMILES string of the molecule is Cc1ccc(S(=O)(=O)NC(C)(C)C)cc1C(=O)NCC(C)C. The highest BCUT2D eigenvalue weighted by Gasteiger charge is 2.23. The third-order valence-electron chi connectivity index (χ3n) is 2.88. The topological polar surface area (TPSA) is 75.3 Å². The summed E-state index contributed by atoms with van der Waals surface area (Å²) in [5.41, 5.74) is 0.553.